The molecule has 2 rings (SSSR count). The average Bonchev–Trinajstić information content (AvgIpc) is 2.29. The number of nitrogens with zero attached hydrogens (tertiary/aromatic N) is 3. The van der Waals surface area contributed by atoms with Crippen molar-refractivity contribution >= 4 is 43.8 Å². The van der Waals surface area contributed by atoms with Crippen LogP contribution in [0.5, 0.6) is 0 Å². The van der Waals surface area contributed by atoms with E-state index in [1.165, 1.54) is 0 Å². The fourth-order valence-corrected chi connectivity index (χ4v) is 1.17. The maximum Gasteiger partial charge on any atom is 0.153 e. The van der Waals surface area contributed by atoms with Gasteiger partial charge in [-0.25, -0.2) is 4.98 Å². The van der Waals surface area contributed by atoms with E-state index in [0.717, 1.165) is 5.69 Å². The quantitative estimate of drug-likeness (QED) is 0.642. The summed E-state index contributed by atoms with van der Waals surface area (Å²) in [5.41, 5.74) is 12.4. The number of nitrogens with two attached hydrogens (primary N) is 2. The molecule has 0 aliphatic heterocycles. The molecule has 0 amide bonds. The van der Waals surface area contributed by atoms with Crippen LogP contribution in [0, 0.1) is 0 Å². The normalized spacial score (nSPS) is 9.56. The minimum absolute atomic E-state index is 0. The maximum atomic E-state index is 5.64. The van der Waals surface area contributed by atoms with Crippen LogP contribution in [0.15, 0.2) is 52.7 Å². The van der Waals surface area contributed by atoms with Crippen molar-refractivity contribution in [2.75, 3.05) is 11.5 Å². The second-order valence-electron chi connectivity index (χ2n) is 3.18. The number of hydrogen-bond donors (Lipinski definition) is 2. The Balaban J connectivity index is 0.00000144. The molecule has 0 bridgehead atoms. The van der Waals surface area contributed by atoms with E-state index < -0.39 is 0 Å². The van der Waals surface area contributed by atoms with Crippen LogP contribution in [-0.2, 0) is 0 Å². The zero-order valence-corrected chi connectivity index (χ0v) is 10.3. The third-order valence-corrected chi connectivity index (χ3v) is 1.95. The highest BCUT2D eigenvalue weighted by atomic mass is 35.5. The van der Waals surface area contributed by atoms with E-state index in [1.54, 1.807) is 12.1 Å². The van der Waals surface area contributed by atoms with Gasteiger partial charge < -0.3 is 11.5 Å². The predicted molar refractivity (Wildman–Crippen MR) is 76.7 cm³/mol. The van der Waals surface area contributed by atoms with E-state index in [0.29, 0.717) is 11.5 Å². The third-order valence-electron chi connectivity index (χ3n) is 1.95. The Kier molecular flexibility index (Phi) is 6.45. The van der Waals surface area contributed by atoms with Crippen LogP contribution < -0.4 is 11.5 Å². The molecule has 0 spiro atoms. The predicted octanol–water partition coefficient (Wildman–Crippen LogP) is 2.70. The van der Waals surface area contributed by atoms with Gasteiger partial charge in [-0.3, -0.25) is 0 Å². The second-order valence-corrected chi connectivity index (χ2v) is 3.18. The fourth-order valence-electron chi connectivity index (χ4n) is 1.17. The Labute approximate surface area is 113 Å². The molecule has 0 aliphatic carbocycles. The van der Waals surface area contributed by atoms with Crippen LogP contribution in [0.3, 0.4) is 0 Å². The molecule has 7 heteroatoms. The standard InChI is InChI=1S/C11H11N5.B.ClH/c12-10-7-6-9(11(13)14-10)16-15-8-4-2-1-3-5-8;;/h1-7H,(H4,12,13,14);;1H. The number of anilines is 2. The molecule has 1 aromatic heterocycles. The van der Waals surface area contributed by atoms with Gasteiger partial charge >= 0.3 is 0 Å². The zero-order chi connectivity index (χ0) is 11.4. The molecule has 1 aromatic carbocycles. The van der Waals surface area contributed by atoms with Crippen molar-refractivity contribution in [3.63, 3.8) is 0 Å². The van der Waals surface area contributed by atoms with Gasteiger partial charge in [-0.15, -0.1) is 17.5 Å². The lowest BCUT2D eigenvalue weighted by Gasteiger charge is -1.98. The third kappa shape index (κ3) is 4.06. The number of hydrogen-bond acceptors (Lipinski definition) is 5. The number of aromatic nitrogens is 1. The summed E-state index contributed by atoms with van der Waals surface area (Å²) in [6.07, 6.45) is 0. The smallest absolute Gasteiger partial charge is 0.153 e. The highest BCUT2D eigenvalue weighted by molar-refractivity contribution is 5.85. The fraction of sp³-hybridized carbons (Fsp3) is 0. The molecule has 0 saturated carbocycles. The molecular weight excluding hydrogens is 248 g/mol. The lowest BCUT2D eigenvalue weighted by Crippen LogP contribution is -1.95. The molecular formula is C11H12BClN5. The van der Waals surface area contributed by atoms with E-state index in [-0.39, 0.29) is 26.6 Å². The molecule has 18 heavy (non-hydrogen) atoms. The summed E-state index contributed by atoms with van der Waals surface area (Å²) in [4.78, 5) is 3.89. The molecule has 2 aromatic rings. The molecule has 0 atom stereocenters. The van der Waals surface area contributed by atoms with Crippen molar-refractivity contribution in [3.8, 4) is 0 Å². The van der Waals surface area contributed by atoms with Crippen molar-refractivity contribution in [2.24, 2.45) is 10.2 Å². The van der Waals surface area contributed by atoms with E-state index in [9.17, 15) is 0 Å². The van der Waals surface area contributed by atoms with Gasteiger partial charge in [0.25, 0.3) is 0 Å². The topological polar surface area (TPSA) is 89.6 Å². The number of nitrogen functional groups attached to an aromatic ring is 2. The van der Waals surface area contributed by atoms with Crippen LogP contribution >= 0.6 is 12.4 Å². The number of halogens is 1. The van der Waals surface area contributed by atoms with Crippen LogP contribution in [0.2, 0.25) is 0 Å². The number of pyridine rings is 1. The maximum absolute atomic E-state index is 5.64. The Hall–Kier alpha value is -2.08. The molecule has 0 unspecified atom stereocenters. The number of rotatable bonds is 2. The van der Waals surface area contributed by atoms with E-state index in [1.807, 2.05) is 30.3 Å². The van der Waals surface area contributed by atoms with Crippen molar-refractivity contribution < 1.29 is 0 Å². The van der Waals surface area contributed by atoms with Crippen LogP contribution in [0.4, 0.5) is 23.0 Å². The molecule has 5 nitrogen and oxygen atoms in total. The SMILES string of the molecule is Cl.Nc1ccc(N=Nc2ccccc2)c(N)n1.[B]. The van der Waals surface area contributed by atoms with E-state index >= 15 is 0 Å². The molecule has 4 N–H and O–H groups in total. The lowest BCUT2D eigenvalue weighted by molar-refractivity contribution is 1.21. The van der Waals surface area contributed by atoms with Gasteiger partial charge in [0.05, 0.1) is 5.69 Å². The van der Waals surface area contributed by atoms with E-state index in [2.05, 4.69) is 15.2 Å². The van der Waals surface area contributed by atoms with Crippen LogP contribution in [0.1, 0.15) is 0 Å². The van der Waals surface area contributed by atoms with E-state index in [4.69, 9.17) is 11.5 Å². The van der Waals surface area contributed by atoms with Gasteiger partial charge in [0.15, 0.2) is 5.82 Å². The summed E-state index contributed by atoms with van der Waals surface area (Å²) in [6.45, 7) is 0. The van der Waals surface area contributed by atoms with Gasteiger partial charge in [-0.05, 0) is 24.3 Å². The Morgan fingerprint density at radius 3 is 2.17 bits per heavy atom. The van der Waals surface area contributed by atoms with Crippen molar-refractivity contribution in [3.05, 3.63) is 42.5 Å². The summed E-state index contributed by atoms with van der Waals surface area (Å²) in [5.74, 6) is 0.649. The van der Waals surface area contributed by atoms with Gasteiger partial charge in [-0.2, -0.15) is 5.11 Å². The second kappa shape index (κ2) is 7.29. The number of azo groups is 1. The Morgan fingerprint density at radius 2 is 1.56 bits per heavy atom. The molecule has 0 aliphatic rings. The molecule has 1 heterocycles. The van der Waals surface area contributed by atoms with Crippen LogP contribution in [0.25, 0.3) is 0 Å². The van der Waals surface area contributed by atoms with Gasteiger partial charge in [-0.1, -0.05) is 18.2 Å². The summed E-state index contributed by atoms with van der Waals surface area (Å²) in [7, 11) is 0. The Morgan fingerprint density at radius 1 is 0.889 bits per heavy atom. The molecule has 3 radical (unpaired) electrons. The Bertz CT molecular complexity index is 518. The van der Waals surface area contributed by atoms with Crippen molar-refractivity contribution in [1.29, 1.82) is 0 Å². The highest BCUT2D eigenvalue weighted by Gasteiger charge is 1.98. The average molecular weight is 261 g/mol. The van der Waals surface area contributed by atoms with Crippen molar-refractivity contribution in [2.45, 2.75) is 0 Å². The first-order valence-corrected chi connectivity index (χ1v) is 4.74. The van der Waals surface area contributed by atoms with Gasteiger partial charge in [0.1, 0.15) is 11.5 Å². The molecule has 0 fully saturated rings. The molecule has 0 saturated heterocycles. The first-order chi connectivity index (χ1) is 7.75. The van der Waals surface area contributed by atoms with Crippen LogP contribution in [-0.4, -0.2) is 13.4 Å². The summed E-state index contributed by atoms with van der Waals surface area (Å²) >= 11 is 0. The number of benzene rings is 1. The minimum atomic E-state index is 0. The monoisotopic (exact) mass is 260 g/mol. The lowest BCUT2D eigenvalue weighted by atomic mass is 10.3. The first kappa shape index (κ1) is 15.9. The van der Waals surface area contributed by atoms with Crippen molar-refractivity contribution in [1.82, 2.24) is 4.98 Å². The summed E-state index contributed by atoms with van der Waals surface area (Å²) < 4.78 is 0. The largest absolute Gasteiger partial charge is 0.384 e. The minimum Gasteiger partial charge on any atom is -0.384 e. The summed E-state index contributed by atoms with van der Waals surface area (Å²) in [6, 6.07) is 12.7. The van der Waals surface area contributed by atoms with Gasteiger partial charge in [0, 0.05) is 8.41 Å². The first-order valence-electron chi connectivity index (χ1n) is 4.74. The summed E-state index contributed by atoms with van der Waals surface area (Å²) in [5, 5.41) is 8.03. The van der Waals surface area contributed by atoms with Gasteiger partial charge in [0.2, 0.25) is 0 Å². The highest BCUT2D eigenvalue weighted by Crippen LogP contribution is 2.23. The zero-order valence-electron chi connectivity index (χ0n) is 9.52. The molecule has 91 valence electrons.